The summed E-state index contributed by atoms with van der Waals surface area (Å²) in [6.45, 7) is 1.77. The van der Waals surface area contributed by atoms with Crippen molar-refractivity contribution in [3.05, 3.63) is 52.6 Å². The van der Waals surface area contributed by atoms with Gasteiger partial charge in [-0.05, 0) is 33.1 Å². The van der Waals surface area contributed by atoms with Gasteiger partial charge in [0.05, 0.1) is 29.1 Å². The highest BCUT2D eigenvalue weighted by Crippen LogP contribution is 2.39. The lowest BCUT2D eigenvalue weighted by Gasteiger charge is -2.24. The van der Waals surface area contributed by atoms with Crippen LogP contribution < -0.4 is 16.4 Å². The Balaban J connectivity index is 2.06. The lowest BCUT2D eigenvalue weighted by Crippen LogP contribution is -2.25. The van der Waals surface area contributed by atoms with Gasteiger partial charge in [0.1, 0.15) is 0 Å². The van der Waals surface area contributed by atoms with Crippen LogP contribution in [0.3, 0.4) is 0 Å². The number of nitrogens with zero attached hydrogens (tertiary/aromatic N) is 1. The summed E-state index contributed by atoms with van der Waals surface area (Å²) in [7, 11) is 4.00. The average Bonchev–Trinajstić information content (AvgIpc) is 2.68. The van der Waals surface area contributed by atoms with E-state index < -0.39 is 0 Å². The van der Waals surface area contributed by atoms with E-state index in [4.69, 9.17) is 10.8 Å². The number of nitrogen functional groups attached to an aromatic ring is 1. The maximum atomic E-state index is 13.2. The van der Waals surface area contributed by atoms with Crippen molar-refractivity contribution in [1.82, 2.24) is 4.90 Å². The fraction of sp³-hybridized carbons (Fsp3) is 0.333. The third-order valence-electron chi connectivity index (χ3n) is 4.76. The van der Waals surface area contributed by atoms with E-state index in [0.29, 0.717) is 41.2 Å². The fourth-order valence-corrected chi connectivity index (χ4v) is 3.41. The fourth-order valence-electron chi connectivity index (χ4n) is 3.41. The van der Waals surface area contributed by atoms with Crippen LogP contribution in [0.4, 0.5) is 17.1 Å². The first-order chi connectivity index (χ1) is 13.5. The predicted molar refractivity (Wildman–Crippen MR) is 111 cm³/mol. The zero-order valence-corrected chi connectivity index (χ0v) is 16.2. The molecule has 3 rings (SSSR count). The number of ketones is 2. The molecule has 2 aromatic rings. The molecular weight excluding hydrogens is 356 g/mol. The molecule has 1 aliphatic rings. The van der Waals surface area contributed by atoms with Crippen LogP contribution in [-0.4, -0.2) is 61.9 Å². The first-order valence-electron chi connectivity index (χ1n) is 9.34. The van der Waals surface area contributed by atoms with Gasteiger partial charge in [-0.15, -0.1) is 0 Å². The number of anilines is 3. The minimum Gasteiger partial charge on any atom is -0.396 e. The highest BCUT2D eigenvalue weighted by molar-refractivity contribution is 6.32. The molecule has 0 bridgehead atoms. The third-order valence-corrected chi connectivity index (χ3v) is 4.76. The van der Waals surface area contributed by atoms with Gasteiger partial charge >= 0.3 is 0 Å². The van der Waals surface area contributed by atoms with Crippen LogP contribution in [0.2, 0.25) is 0 Å². The number of nitrogens with one attached hydrogen (secondary N) is 2. The first kappa shape index (κ1) is 19.9. The van der Waals surface area contributed by atoms with E-state index in [9.17, 15) is 9.59 Å². The van der Waals surface area contributed by atoms with Gasteiger partial charge < -0.3 is 26.4 Å². The molecule has 0 saturated carbocycles. The number of carbonyl (C=O) groups is 2. The molecule has 0 atom stereocenters. The molecule has 5 N–H and O–H groups in total. The summed E-state index contributed by atoms with van der Waals surface area (Å²) in [5, 5.41) is 15.5. The summed E-state index contributed by atoms with van der Waals surface area (Å²) in [5.41, 5.74) is 8.91. The highest BCUT2D eigenvalue weighted by atomic mass is 16.3. The summed E-state index contributed by atoms with van der Waals surface area (Å²) >= 11 is 0. The Morgan fingerprint density at radius 3 is 2.18 bits per heavy atom. The molecule has 0 spiro atoms. The lowest BCUT2D eigenvalue weighted by atomic mass is 9.82. The van der Waals surface area contributed by atoms with Crippen molar-refractivity contribution in [2.75, 3.05) is 56.7 Å². The van der Waals surface area contributed by atoms with E-state index in [0.717, 1.165) is 13.0 Å². The molecule has 2 aromatic carbocycles. The molecule has 7 nitrogen and oxygen atoms in total. The number of carbonyl (C=O) groups excluding carboxylic acids is 2. The van der Waals surface area contributed by atoms with Crippen LogP contribution in [0, 0.1) is 0 Å². The number of fused-ring (bicyclic) bond motifs is 2. The van der Waals surface area contributed by atoms with Crippen molar-refractivity contribution in [2.45, 2.75) is 6.42 Å². The smallest absolute Gasteiger partial charge is 0.196 e. The molecule has 0 aromatic heterocycles. The molecule has 0 saturated heterocycles. The third kappa shape index (κ3) is 3.72. The van der Waals surface area contributed by atoms with Crippen LogP contribution >= 0.6 is 0 Å². The molecule has 148 valence electrons. The normalized spacial score (nSPS) is 12.7. The molecule has 28 heavy (non-hydrogen) atoms. The van der Waals surface area contributed by atoms with Crippen molar-refractivity contribution in [1.29, 1.82) is 0 Å². The lowest BCUT2D eigenvalue weighted by molar-refractivity contribution is 0.0980. The highest BCUT2D eigenvalue weighted by Gasteiger charge is 2.34. The molecule has 0 heterocycles. The van der Waals surface area contributed by atoms with Crippen LogP contribution in [0.25, 0.3) is 0 Å². The molecule has 0 aliphatic heterocycles. The second-order valence-electron chi connectivity index (χ2n) is 7.07. The van der Waals surface area contributed by atoms with E-state index in [2.05, 4.69) is 15.5 Å². The zero-order valence-electron chi connectivity index (χ0n) is 16.2. The van der Waals surface area contributed by atoms with Crippen LogP contribution in [0.15, 0.2) is 30.3 Å². The van der Waals surface area contributed by atoms with Gasteiger partial charge in [-0.1, -0.05) is 24.3 Å². The molecular formula is C21H26N4O3. The number of hydrogen-bond donors (Lipinski definition) is 4. The van der Waals surface area contributed by atoms with Crippen molar-refractivity contribution >= 4 is 28.6 Å². The maximum absolute atomic E-state index is 13.2. The van der Waals surface area contributed by atoms with Crippen molar-refractivity contribution in [3.8, 4) is 0 Å². The average molecular weight is 382 g/mol. The molecule has 0 fully saturated rings. The Morgan fingerprint density at radius 2 is 1.57 bits per heavy atom. The minimum absolute atomic E-state index is 0.0716. The number of benzene rings is 2. The molecule has 0 radical (unpaired) electrons. The Morgan fingerprint density at radius 1 is 0.964 bits per heavy atom. The van der Waals surface area contributed by atoms with E-state index in [1.165, 1.54) is 0 Å². The Bertz CT molecular complexity index is 909. The zero-order chi connectivity index (χ0) is 20.3. The second-order valence-corrected chi connectivity index (χ2v) is 7.07. The summed E-state index contributed by atoms with van der Waals surface area (Å²) in [6, 6.07) is 8.55. The quantitative estimate of drug-likeness (QED) is 0.348. The van der Waals surface area contributed by atoms with E-state index in [-0.39, 0.29) is 29.4 Å². The van der Waals surface area contributed by atoms with Gasteiger partial charge in [0.25, 0.3) is 0 Å². The monoisotopic (exact) mass is 382 g/mol. The maximum Gasteiger partial charge on any atom is 0.196 e. The number of nitrogens with two attached hydrogens (primary N) is 1. The van der Waals surface area contributed by atoms with Crippen LogP contribution in [0.5, 0.6) is 0 Å². The predicted octanol–water partition coefficient (Wildman–Crippen LogP) is 1.81. The number of rotatable bonds is 8. The number of aliphatic hydroxyl groups excluding tert-OH is 1. The summed E-state index contributed by atoms with van der Waals surface area (Å²) in [4.78, 5) is 28.4. The minimum atomic E-state index is -0.258. The van der Waals surface area contributed by atoms with Gasteiger partial charge in [0, 0.05) is 29.9 Å². The topological polar surface area (TPSA) is 108 Å². The van der Waals surface area contributed by atoms with Crippen molar-refractivity contribution in [2.24, 2.45) is 0 Å². The second kappa shape index (κ2) is 8.41. The number of hydrogen-bond acceptors (Lipinski definition) is 7. The van der Waals surface area contributed by atoms with Gasteiger partial charge in [0.15, 0.2) is 11.6 Å². The molecule has 0 unspecified atom stereocenters. The summed E-state index contributed by atoms with van der Waals surface area (Å²) in [6.07, 6.45) is 0.879. The Hall–Kier alpha value is -2.90. The van der Waals surface area contributed by atoms with Gasteiger partial charge in [-0.2, -0.15) is 0 Å². The van der Waals surface area contributed by atoms with Crippen LogP contribution in [0.1, 0.15) is 38.3 Å². The molecule has 7 heteroatoms. The van der Waals surface area contributed by atoms with Gasteiger partial charge in [-0.3, -0.25) is 9.59 Å². The Kier molecular flexibility index (Phi) is 5.96. The van der Waals surface area contributed by atoms with Crippen LogP contribution in [-0.2, 0) is 0 Å². The van der Waals surface area contributed by atoms with Crippen molar-refractivity contribution < 1.29 is 14.7 Å². The molecule has 1 aliphatic carbocycles. The Labute approximate surface area is 164 Å². The summed E-state index contributed by atoms with van der Waals surface area (Å²) in [5.74, 6) is -0.465. The first-order valence-corrected chi connectivity index (χ1v) is 9.34. The molecule has 0 amide bonds. The summed E-state index contributed by atoms with van der Waals surface area (Å²) < 4.78 is 0. The van der Waals surface area contributed by atoms with E-state index in [1.54, 1.807) is 30.3 Å². The van der Waals surface area contributed by atoms with E-state index >= 15 is 0 Å². The van der Waals surface area contributed by atoms with Crippen molar-refractivity contribution in [3.63, 3.8) is 0 Å². The van der Waals surface area contributed by atoms with Gasteiger partial charge in [-0.25, -0.2) is 0 Å². The number of aliphatic hydroxyl groups is 1. The standard InChI is InChI=1S/C21H26N4O3/c1-25(2)10-5-8-23-15-12-16(24-9-11-26)19(22)18-17(15)20(27)13-6-3-4-7-14(13)21(18)28/h3-4,6-7,12,23-24,26H,5,8-11,22H2,1-2H3. The SMILES string of the molecule is CN(C)CCCNc1cc(NCCO)c(N)c2c1C(=O)c1ccccc1C2=O. The van der Waals surface area contributed by atoms with Gasteiger partial charge in [0.2, 0.25) is 0 Å². The largest absolute Gasteiger partial charge is 0.396 e. The van der Waals surface area contributed by atoms with E-state index in [1.807, 2.05) is 14.1 Å².